The number of rotatable bonds is 0. The van der Waals surface area contributed by atoms with E-state index in [1.54, 1.807) is 0 Å². The maximum atomic E-state index is 3.94. The number of fused-ring (bicyclic) bond motifs is 1. The van der Waals surface area contributed by atoms with Crippen molar-refractivity contribution in [1.82, 2.24) is 9.59 Å². The predicted molar refractivity (Wildman–Crippen MR) is 37.3 cm³/mol. The van der Waals surface area contributed by atoms with Crippen LogP contribution < -0.4 is 0 Å². The quantitative estimate of drug-likeness (QED) is 0.543. The lowest BCUT2D eigenvalue weighted by molar-refractivity contribution is 0.991. The second-order valence-corrected chi connectivity index (χ2v) is 2.86. The molecule has 1 aromatic heterocycles. The van der Waals surface area contributed by atoms with Gasteiger partial charge in [-0.2, -0.15) is 0 Å². The molecule has 1 heterocycles. The zero-order valence-corrected chi connectivity index (χ0v) is 5.69. The number of hydrogen-bond donors (Lipinski definition) is 0. The van der Waals surface area contributed by atoms with Crippen LogP contribution in [0.5, 0.6) is 0 Å². The molecule has 0 saturated carbocycles. The van der Waals surface area contributed by atoms with Crippen molar-refractivity contribution in [3.05, 3.63) is 16.6 Å². The molecule has 0 saturated heterocycles. The molecule has 0 unspecified atom stereocenters. The lowest BCUT2D eigenvalue weighted by Crippen LogP contribution is -1.87. The Hall–Kier alpha value is -0.700. The molecule has 0 amide bonds. The Kier molecular flexibility index (Phi) is 1.09. The number of aryl methyl sites for hydroxylation is 1. The molecule has 0 fully saturated rings. The molecule has 2 nitrogen and oxygen atoms in total. The Morgan fingerprint density at radius 3 is 3.44 bits per heavy atom. The number of nitrogens with zero attached hydrogens (tertiary/aromatic N) is 2. The average molecular weight is 138 g/mol. The molecule has 0 atom stereocenters. The van der Waals surface area contributed by atoms with Gasteiger partial charge in [0.2, 0.25) is 0 Å². The van der Waals surface area contributed by atoms with Crippen LogP contribution in [0.3, 0.4) is 0 Å². The largest absolute Gasteiger partial charge is 0.138 e. The van der Waals surface area contributed by atoms with E-state index in [9.17, 15) is 0 Å². The van der Waals surface area contributed by atoms with Gasteiger partial charge in [-0.15, -0.1) is 5.10 Å². The average Bonchev–Trinajstić information content (AvgIpc) is 2.33. The molecule has 0 N–H and O–H groups in total. The zero-order valence-electron chi connectivity index (χ0n) is 4.87. The van der Waals surface area contributed by atoms with Crippen molar-refractivity contribution in [1.29, 1.82) is 0 Å². The minimum atomic E-state index is 1.08. The molecule has 46 valence electrons. The van der Waals surface area contributed by atoms with E-state index in [-0.39, 0.29) is 0 Å². The van der Waals surface area contributed by atoms with Gasteiger partial charge in [0.15, 0.2) is 0 Å². The Bertz CT molecular complexity index is 239. The van der Waals surface area contributed by atoms with E-state index < -0.39 is 0 Å². The van der Waals surface area contributed by atoms with E-state index >= 15 is 0 Å². The summed E-state index contributed by atoms with van der Waals surface area (Å²) < 4.78 is 3.84. The summed E-state index contributed by atoms with van der Waals surface area (Å²) in [6.45, 7) is 0. The van der Waals surface area contributed by atoms with Crippen molar-refractivity contribution >= 4 is 17.6 Å². The monoisotopic (exact) mass is 138 g/mol. The van der Waals surface area contributed by atoms with E-state index in [4.69, 9.17) is 0 Å². The normalized spacial score (nSPS) is 15.6. The first-order valence-electron chi connectivity index (χ1n) is 2.94. The first-order valence-corrected chi connectivity index (χ1v) is 3.72. The van der Waals surface area contributed by atoms with Crippen LogP contribution >= 0.6 is 11.5 Å². The van der Waals surface area contributed by atoms with Gasteiger partial charge < -0.3 is 0 Å². The smallest absolute Gasteiger partial charge is 0.101 e. The molecule has 9 heavy (non-hydrogen) atoms. The third kappa shape index (κ3) is 0.772. The molecule has 2 rings (SSSR count). The topological polar surface area (TPSA) is 25.8 Å². The lowest BCUT2D eigenvalue weighted by Gasteiger charge is -1.97. The minimum absolute atomic E-state index is 1.08. The molecule has 0 radical (unpaired) electrons. The fraction of sp³-hybridized carbons (Fsp3) is 0.333. The fourth-order valence-corrected chi connectivity index (χ4v) is 1.56. The van der Waals surface area contributed by atoms with Crippen LogP contribution in [0.15, 0.2) is 6.08 Å². The lowest BCUT2D eigenvalue weighted by atomic mass is 10.1. The summed E-state index contributed by atoms with van der Waals surface area (Å²) in [4.78, 5) is 1.33. The molecule has 0 spiro atoms. The highest BCUT2D eigenvalue weighted by atomic mass is 32.1. The molecule has 0 aliphatic heterocycles. The van der Waals surface area contributed by atoms with E-state index in [0.717, 1.165) is 18.5 Å². The molecule has 1 aromatic rings. The third-order valence-electron chi connectivity index (χ3n) is 1.40. The van der Waals surface area contributed by atoms with Crippen LogP contribution in [0.4, 0.5) is 0 Å². The van der Waals surface area contributed by atoms with Crippen LogP contribution in [0.2, 0.25) is 0 Å². The summed E-state index contributed by atoms with van der Waals surface area (Å²) in [5.74, 6) is 0. The molecule has 0 bridgehead atoms. The van der Waals surface area contributed by atoms with E-state index in [0.29, 0.717) is 0 Å². The zero-order chi connectivity index (χ0) is 6.10. The summed E-state index contributed by atoms with van der Waals surface area (Å²) >= 11 is 1.51. The van der Waals surface area contributed by atoms with Gasteiger partial charge in [0.25, 0.3) is 0 Å². The Labute approximate surface area is 57.4 Å². The summed E-state index contributed by atoms with van der Waals surface area (Å²) in [6, 6.07) is 0. The molecule has 1 aliphatic rings. The van der Waals surface area contributed by atoms with Gasteiger partial charge >= 0.3 is 0 Å². The Morgan fingerprint density at radius 2 is 2.56 bits per heavy atom. The first-order chi connectivity index (χ1) is 4.47. The maximum absolute atomic E-state index is 3.94. The highest BCUT2D eigenvalue weighted by Crippen LogP contribution is 2.18. The predicted octanol–water partition coefficient (Wildman–Crippen LogP) is 1.50. The van der Waals surface area contributed by atoms with Crippen molar-refractivity contribution in [3.8, 4) is 0 Å². The summed E-state index contributed by atoms with van der Waals surface area (Å²) in [5, 5.41) is 3.94. The van der Waals surface area contributed by atoms with Gasteiger partial charge in [-0.05, 0) is 30.5 Å². The number of aromatic nitrogens is 2. The Morgan fingerprint density at radius 1 is 1.56 bits per heavy atom. The van der Waals surface area contributed by atoms with Gasteiger partial charge in [0.05, 0.1) is 4.88 Å². The van der Waals surface area contributed by atoms with Gasteiger partial charge in [-0.3, -0.25) is 0 Å². The van der Waals surface area contributed by atoms with E-state index in [2.05, 4.69) is 15.7 Å². The van der Waals surface area contributed by atoms with Crippen LogP contribution in [0, 0.1) is 0 Å². The highest BCUT2D eigenvalue weighted by Gasteiger charge is 2.06. The Balaban J connectivity index is 2.53. The van der Waals surface area contributed by atoms with Crippen molar-refractivity contribution < 1.29 is 0 Å². The van der Waals surface area contributed by atoms with Crippen LogP contribution in [-0.2, 0) is 6.42 Å². The molecular weight excluding hydrogens is 132 g/mol. The highest BCUT2D eigenvalue weighted by molar-refractivity contribution is 7.05. The summed E-state index contributed by atoms with van der Waals surface area (Å²) in [7, 11) is 0. The first kappa shape index (κ1) is 5.11. The number of hydrogen-bond acceptors (Lipinski definition) is 3. The van der Waals surface area contributed by atoms with Crippen LogP contribution in [0.1, 0.15) is 17.0 Å². The van der Waals surface area contributed by atoms with Gasteiger partial charge in [0, 0.05) is 0 Å². The minimum Gasteiger partial charge on any atom is -0.138 e. The van der Waals surface area contributed by atoms with Gasteiger partial charge in [-0.1, -0.05) is 10.6 Å². The van der Waals surface area contributed by atoms with Crippen LogP contribution in [0.25, 0.3) is 6.08 Å². The second kappa shape index (κ2) is 1.92. The standard InChI is InChI=1S/C6H6N2S/c1-2-4-6-5(3-1)7-8-9-6/h1,3H,2,4H2. The summed E-state index contributed by atoms with van der Waals surface area (Å²) in [5.41, 5.74) is 1.08. The van der Waals surface area contributed by atoms with Crippen molar-refractivity contribution in [2.75, 3.05) is 0 Å². The molecular formula is C6H6N2S. The van der Waals surface area contributed by atoms with Gasteiger partial charge in [0.1, 0.15) is 5.69 Å². The fourth-order valence-electron chi connectivity index (χ4n) is 0.926. The van der Waals surface area contributed by atoms with Gasteiger partial charge in [-0.25, -0.2) is 0 Å². The van der Waals surface area contributed by atoms with Crippen molar-refractivity contribution in [2.24, 2.45) is 0 Å². The van der Waals surface area contributed by atoms with E-state index in [1.165, 1.54) is 16.4 Å². The molecule has 1 aliphatic carbocycles. The number of allylic oxidation sites excluding steroid dienone is 1. The third-order valence-corrected chi connectivity index (χ3v) is 2.20. The molecule has 3 heteroatoms. The maximum Gasteiger partial charge on any atom is 0.101 e. The second-order valence-electron chi connectivity index (χ2n) is 2.02. The summed E-state index contributed by atoms with van der Waals surface area (Å²) in [6.07, 6.45) is 6.46. The molecule has 0 aromatic carbocycles. The van der Waals surface area contributed by atoms with Crippen molar-refractivity contribution in [3.63, 3.8) is 0 Å². The van der Waals surface area contributed by atoms with Crippen molar-refractivity contribution in [2.45, 2.75) is 12.8 Å². The van der Waals surface area contributed by atoms with Crippen LogP contribution in [-0.4, -0.2) is 9.59 Å². The van der Waals surface area contributed by atoms with E-state index in [1.807, 2.05) is 6.08 Å². The SMILES string of the molecule is C1=Cc2nnsc2CC1.